The van der Waals surface area contributed by atoms with E-state index in [-0.39, 0.29) is 17.7 Å². The summed E-state index contributed by atoms with van der Waals surface area (Å²) in [5.74, 6) is 3.21. The molecule has 0 amide bonds. The third kappa shape index (κ3) is 3.33. The van der Waals surface area contributed by atoms with Crippen LogP contribution in [0.2, 0.25) is 0 Å². The molecule has 0 radical (unpaired) electrons. The third-order valence-corrected chi connectivity index (χ3v) is 7.04. The molecule has 4 saturated carbocycles. The molecular formula is C23H30O5. The van der Waals surface area contributed by atoms with Crippen molar-refractivity contribution < 1.29 is 23.7 Å². The standard InChI is InChI=1S/C23H30O5/c1-2-25-20-11-18(21-26-6-3-7-27-21)4-5-19(20)28-22(24)23-12-15-8-16(13-23)10-17(9-15)14-23/h4-5,11,15-17,21H,2-3,6-10,12-14H2,1H3. The van der Waals surface area contributed by atoms with Crippen LogP contribution < -0.4 is 9.47 Å². The number of esters is 1. The number of ether oxygens (including phenoxy) is 4. The van der Waals surface area contributed by atoms with Gasteiger partial charge >= 0.3 is 5.97 Å². The van der Waals surface area contributed by atoms with Crippen molar-refractivity contribution >= 4 is 5.97 Å². The molecule has 5 fully saturated rings. The summed E-state index contributed by atoms with van der Waals surface area (Å²) in [4.78, 5) is 13.3. The smallest absolute Gasteiger partial charge is 0.317 e. The van der Waals surface area contributed by atoms with Gasteiger partial charge in [0.05, 0.1) is 25.2 Å². The van der Waals surface area contributed by atoms with Crippen molar-refractivity contribution in [1.29, 1.82) is 0 Å². The first kappa shape index (κ1) is 18.4. The molecule has 1 aliphatic heterocycles. The van der Waals surface area contributed by atoms with Gasteiger partial charge in [0.1, 0.15) is 0 Å². The fourth-order valence-corrected chi connectivity index (χ4v) is 6.27. The van der Waals surface area contributed by atoms with Gasteiger partial charge in [0.15, 0.2) is 17.8 Å². The maximum atomic E-state index is 13.3. The van der Waals surface area contributed by atoms with Crippen LogP contribution in [0.1, 0.15) is 63.7 Å². The largest absolute Gasteiger partial charge is 0.490 e. The second-order valence-electron chi connectivity index (χ2n) is 9.15. The van der Waals surface area contributed by atoms with Gasteiger partial charge in [-0.3, -0.25) is 4.79 Å². The number of hydrogen-bond donors (Lipinski definition) is 0. The second kappa shape index (κ2) is 7.34. The van der Waals surface area contributed by atoms with Crippen molar-refractivity contribution in [3.05, 3.63) is 23.8 Å². The number of benzene rings is 1. The van der Waals surface area contributed by atoms with E-state index in [0.29, 0.717) is 49.1 Å². The summed E-state index contributed by atoms with van der Waals surface area (Å²) in [5.41, 5.74) is 0.629. The summed E-state index contributed by atoms with van der Waals surface area (Å²) in [7, 11) is 0. The highest BCUT2D eigenvalue weighted by Gasteiger charge is 2.55. The van der Waals surface area contributed by atoms with Crippen LogP contribution in [0.4, 0.5) is 0 Å². The highest BCUT2D eigenvalue weighted by atomic mass is 16.7. The number of carbonyl (C=O) groups is 1. The van der Waals surface area contributed by atoms with Gasteiger partial charge in [0, 0.05) is 5.56 Å². The lowest BCUT2D eigenvalue weighted by atomic mass is 9.49. The molecule has 0 spiro atoms. The maximum Gasteiger partial charge on any atom is 0.317 e. The van der Waals surface area contributed by atoms with Gasteiger partial charge in [-0.2, -0.15) is 0 Å². The molecule has 5 aliphatic rings. The predicted molar refractivity (Wildman–Crippen MR) is 103 cm³/mol. The molecule has 5 nitrogen and oxygen atoms in total. The maximum absolute atomic E-state index is 13.3. The van der Waals surface area contributed by atoms with Crippen LogP contribution in [0.25, 0.3) is 0 Å². The predicted octanol–water partition coefficient (Wildman–Crippen LogP) is 4.64. The Morgan fingerprint density at radius 3 is 2.29 bits per heavy atom. The summed E-state index contributed by atoms with van der Waals surface area (Å²) < 4.78 is 23.2. The minimum atomic E-state index is -0.374. The SMILES string of the molecule is CCOc1cc(C2OCCCO2)ccc1OC(=O)C12CC3CC(CC(C3)C1)C2. The molecule has 1 aromatic rings. The zero-order valence-corrected chi connectivity index (χ0v) is 16.7. The Morgan fingerprint density at radius 1 is 1.04 bits per heavy atom. The van der Waals surface area contributed by atoms with Crippen LogP contribution in [0.3, 0.4) is 0 Å². The van der Waals surface area contributed by atoms with Crippen LogP contribution in [-0.2, 0) is 14.3 Å². The molecule has 1 aromatic carbocycles. The van der Waals surface area contributed by atoms with Gasteiger partial charge in [0.2, 0.25) is 0 Å². The molecule has 6 rings (SSSR count). The van der Waals surface area contributed by atoms with E-state index in [4.69, 9.17) is 18.9 Å². The molecule has 4 aliphatic carbocycles. The minimum absolute atomic E-state index is 0.0505. The first-order chi connectivity index (χ1) is 13.6. The lowest BCUT2D eigenvalue weighted by molar-refractivity contribution is -0.183. The van der Waals surface area contributed by atoms with E-state index < -0.39 is 0 Å². The summed E-state index contributed by atoms with van der Waals surface area (Å²) in [5, 5.41) is 0. The van der Waals surface area contributed by atoms with E-state index in [2.05, 4.69) is 0 Å². The number of hydrogen-bond acceptors (Lipinski definition) is 5. The molecule has 1 saturated heterocycles. The van der Waals surface area contributed by atoms with E-state index in [0.717, 1.165) is 31.2 Å². The van der Waals surface area contributed by atoms with Crippen molar-refractivity contribution in [3.63, 3.8) is 0 Å². The third-order valence-electron chi connectivity index (χ3n) is 7.04. The van der Waals surface area contributed by atoms with Crippen molar-refractivity contribution in [2.45, 2.75) is 58.2 Å². The van der Waals surface area contributed by atoms with Gasteiger partial charge < -0.3 is 18.9 Å². The van der Waals surface area contributed by atoms with E-state index in [1.165, 1.54) is 19.3 Å². The molecule has 5 heteroatoms. The first-order valence-electron chi connectivity index (χ1n) is 10.9. The molecule has 1 heterocycles. The molecule has 4 bridgehead atoms. The fourth-order valence-electron chi connectivity index (χ4n) is 6.27. The molecule has 0 N–H and O–H groups in total. The Labute approximate surface area is 166 Å². The molecule has 0 unspecified atom stereocenters. The Balaban J connectivity index is 1.36. The summed E-state index contributed by atoms with van der Waals surface area (Å²) in [6, 6.07) is 5.64. The van der Waals surface area contributed by atoms with Crippen LogP contribution in [0.15, 0.2) is 18.2 Å². The fraction of sp³-hybridized carbons (Fsp3) is 0.696. The monoisotopic (exact) mass is 386 g/mol. The van der Waals surface area contributed by atoms with Crippen molar-refractivity contribution in [2.24, 2.45) is 23.2 Å². The minimum Gasteiger partial charge on any atom is -0.490 e. The lowest BCUT2D eigenvalue weighted by Crippen LogP contribution is -2.51. The summed E-state index contributed by atoms with van der Waals surface area (Å²) in [6.45, 7) is 3.83. The van der Waals surface area contributed by atoms with Gasteiger partial charge in [0.25, 0.3) is 0 Å². The average Bonchev–Trinajstić information content (AvgIpc) is 2.69. The Bertz CT molecular complexity index is 701. The Morgan fingerprint density at radius 2 is 1.68 bits per heavy atom. The second-order valence-corrected chi connectivity index (χ2v) is 9.15. The first-order valence-corrected chi connectivity index (χ1v) is 10.9. The van der Waals surface area contributed by atoms with Crippen LogP contribution in [-0.4, -0.2) is 25.8 Å². The average molecular weight is 386 g/mol. The topological polar surface area (TPSA) is 54.0 Å². The number of carbonyl (C=O) groups excluding carboxylic acids is 1. The molecule has 0 atom stereocenters. The zero-order valence-electron chi connectivity index (χ0n) is 16.7. The van der Waals surface area contributed by atoms with Gasteiger partial charge in [-0.1, -0.05) is 0 Å². The van der Waals surface area contributed by atoms with Crippen molar-refractivity contribution in [3.8, 4) is 11.5 Å². The highest BCUT2D eigenvalue weighted by molar-refractivity contribution is 5.80. The quantitative estimate of drug-likeness (QED) is 0.545. The van der Waals surface area contributed by atoms with Crippen molar-refractivity contribution in [1.82, 2.24) is 0 Å². The van der Waals surface area contributed by atoms with Crippen LogP contribution >= 0.6 is 0 Å². The molecule has 152 valence electrons. The van der Waals surface area contributed by atoms with E-state index in [9.17, 15) is 4.79 Å². The highest BCUT2D eigenvalue weighted by Crippen LogP contribution is 2.60. The van der Waals surface area contributed by atoms with Crippen LogP contribution in [0.5, 0.6) is 11.5 Å². The van der Waals surface area contributed by atoms with Crippen molar-refractivity contribution in [2.75, 3.05) is 19.8 Å². The Hall–Kier alpha value is -1.59. The molecule has 28 heavy (non-hydrogen) atoms. The summed E-state index contributed by atoms with van der Waals surface area (Å²) >= 11 is 0. The van der Waals surface area contributed by atoms with E-state index in [1.807, 2.05) is 25.1 Å². The van der Waals surface area contributed by atoms with E-state index in [1.54, 1.807) is 0 Å². The van der Waals surface area contributed by atoms with Gasteiger partial charge in [-0.15, -0.1) is 0 Å². The van der Waals surface area contributed by atoms with E-state index >= 15 is 0 Å². The zero-order chi connectivity index (χ0) is 19.1. The number of rotatable bonds is 5. The summed E-state index contributed by atoms with van der Waals surface area (Å²) in [6.07, 6.45) is 7.49. The molecular weight excluding hydrogens is 356 g/mol. The van der Waals surface area contributed by atoms with Gasteiger partial charge in [-0.05, 0) is 87.8 Å². The lowest BCUT2D eigenvalue weighted by Gasteiger charge is -2.55. The molecule has 0 aromatic heterocycles. The van der Waals surface area contributed by atoms with Gasteiger partial charge in [-0.25, -0.2) is 0 Å². The van der Waals surface area contributed by atoms with Crippen LogP contribution in [0, 0.1) is 23.2 Å². The Kier molecular flexibility index (Phi) is 4.84. The normalized spacial score (nSPS) is 34.4.